The summed E-state index contributed by atoms with van der Waals surface area (Å²) in [6.45, 7) is 5.01. The van der Waals surface area contributed by atoms with Crippen LogP contribution >= 0.6 is 11.3 Å². The molecule has 10 heteroatoms. The Bertz CT molecular complexity index is 704. The van der Waals surface area contributed by atoms with Crippen molar-refractivity contribution >= 4 is 17.3 Å². The van der Waals surface area contributed by atoms with E-state index in [1.807, 2.05) is 6.20 Å². The van der Waals surface area contributed by atoms with Gasteiger partial charge in [0.25, 0.3) is 0 Å². The van der Waals surface area contributed by atoms with Gasteiger partial charge in [0, 0.05) is 56.8 Å². The van der Waals surface area contributed by atoms with E-state index in [2.05, 4.69) is 38.2 Å². The number of carbonyl (C=O) groups is 1. The van der Waals surface area contributed by atoms with E-state index in [-0.39, 0.29) is 0 Å². The quantitative estimate of drug-likeness (QED) is 0.827. The average molecular weight is 405 g/mol. The predicted octanol–water partition coefficient (Wildman–Crippen LogP) is 3.25. The highest BCUT2D eigenvalue weighted by atomic mass is 32.1. The van der Waals surface area contributed by atoms with E-state index >= 15 is 0 Å². The van der Waals surface area contributed by atoms with Gasteiger partial charge in [-0.15, -0.1) is 11.3 Å². The monoisotopic (exact) mass is 405 g/mol. The van der Waals surface area contributed by atoms with Gasteiger partial charge < -0.3 is 14.4 Å². The summed E-state index contributed by atoms with van der Waals surface area (Å²) in [6.07, 6.45) is 0.118. The number of carboxylic acid groups (broad SMARTS) is 1. The van der Waals surface area contributed by atoms with Gasteiger partial charge in [-0.25, -0.2) is 9.78 Å². The number of hydrogen-bond donors (Lipinski definition) is 1. The van der Waals surface area contributed by atoms with Crippen molar-refractivity contribution < 1.29 is 27.8 Å². The number of hydrogen-bond acceptors (Lipinski definition) is 5. The van der Waals surface area contributed by atoms with Crippen LogP contribution in [0.2, 0.25) is 0 Å². The molecule has 3 heterocycles. The van der Waals surface area contributed by atoms with Crippen molar-refractivity contribution in [2.45, 2.75) is 32.2 Å². The molecule has 1 unspecified atom stereocenters. The first-order valence-corrected chi connectivity index (χ1v) is 9.21. The van der Waals surface area contributed by atoms with E-state index in [1.54, 1.807) is 18.4 Å². The van der Waals surface area contributed by atoms with Gasteiger partial charge in [0.1, 0.15) is 5.01 Å². The zero-order chi connectivity index (χ0) is 19.9. The Morgan fingerprint density at radius 3 is 2.78 bits per heavy atom. The second-order valence-corrected chi connectivity index (χ2v) is 7.18. The van der Waals surface area contributed by atoms with Crippen LogP contribution in [0.4, 0.5) is 13.2 Å². The average Bonchev–Trinajstić information content (AvgIpc) is 3.22. The molecule has 0 aliphatic carbocycles. The third-order valence-corrected chi connectivity index (χ3v) is 4.86. The van der Waals surface area contributed by atoms with E-state index in [9.17, 15) is 13.2 Å². The number of halogens is 3. The minimum atomic E-state index is -5.08. The number of alkyl halides is 3. The molecule has 0 radical (unpaired) electrons. The molecule has 0 saturated heterocycles. The maximum absolute atomic E-state index is 10.6. The van der Waals surface area contributed by atoms with Gasteiger partial charge in [-0.2, -0.15) is 13.2 Å². The van der Waals surface area contributed by atoms with Gasteiger partial charge in [-0.3, -0.25) is 4.90 Å². The van der Waals surface area contributed by atoms with Crippen molar-refractivity contribution in [1.82, 2.24) is 14.5 Å². The topological polar surface area (TPSA) is 67.6 Å². The molecule has 0 spiro atoms. The Morgan fingerprint density at radius 2 is 2.19 bits per heavy atom. The number of aliphatic carboxylic acids is 1. The van der Waals surface area contributed by atoms with Crippen molar-refractivity contribution in [2.24, 2.45) is 5.92 Å². The molecule has 0 bridgehead atoms. The Labute approximate surface area is 159 Å². The van der Waals surface area contributed by atoms with Crippen LogP contribution in [0.25, 0.3) is 0 Å². The van der Waals surface area contributed by atoms with E-state index in [4.69, 9.17) is 14.6 Å². The van der Waals surface area contributed by atoms with Gasteiger partial charge in [0.2, 0.25) is 0 Å². The van der Waals surface area contributed by atoms with Gasteiger partial charge in [0.05, 0.1) is 6.54 Å². The van der Waals surface area contributed by atoms with Crippen LogP contribution in [-0.2, 0) is 29.2 Å². The second kappa shape index (κ2) is 9.86. The minimum absolute atomic E-state index is 0.642. The molecular formula is C17H22F3N3O3S. The molecular weight excluding hydrogens is 383 g/mol. The Morgan fingerprint density at radius 1 is 1.44 bits per heavy atom. The fourth-order valence-corrected chi connectivity index (χ4v) is 3.53. The summed E-state index contributed by atoms with van der Waals surface area (Å²) in [5.41, 5.74) is 1.40. The lowest BCUT2D eigenvalue weighted by Gasteiger charge is -2.22. The zero-order valence-electron chi connectivity index (χ0n) is 14.9. The van der Waals surface area contributed by atoms with Crippen LogP contribution in [0.1, 0.15) is 17.1 Å². The first kappa shape index (κ1) is 21.4. The first-order chi connectivity index (χ1) is 12.8. The fraction of sp³-hybridized carbons (Fsp3) is 0.529. The largest absolute Gasteiger partial charge is 0.490 e. The van der Waals surface area contributed by atoms with Gasteiger partial charge in [-0.05, 0) is 24.5 Å². The molecule has 6 nitrogen and oxygen atoms in total. The molecule has 1 atom stereocenters. The third-order valence-electron chi connectivity index (χ3n) is 4.10. The Hall–Kier alpha value is -1.91. The number of ether oxygens (including phenoxy) is 1. The number of thiazole rings is 1. The van der Waals surface area contributed by atoms with E-state index in [0.29, 0.717) is 5.92 Å². The van der Waals surface area contributed by atoms with Crippen molar-refractivity contribution in [1.29, 1.82) is 0 Å². The van der Waals surface area contributed by atoms with Crippen LogP contribution in [0, 0.1) is 5.92 Å². The van der Waals surface area contributed by atoms with Crippen LogP contribution in [0.15, 0.2) is 29.9 Å². The molecule has 150 valence electrons. The second-order valence-electron chi connectivity index (χ2n) is 6.20. The molecule has 1 aliphatic rings. The third kappa shape index (κ3) is 6.96. The van der Waals surface area contributed by atoms with Crippen LogP contribution in [0.3, 0.4) is 0 Å². The molecule has 27 heavy (non-hydrogen) atoms. The first-order valence-electron chi connectivity index (χ1n) is 8.33. The maximum atomic E-state index is 10.6. The number of aromatic nitrogens is 2. The smallest absolute Gasteiger partial charge is 0.475 e. The van der Waals surface area contributed by atoms with E-state index < -0.39 is 12.1 Å². The highest BCUT2D eigenvalue weighted by Crippen LogP contribution is 2.21. The van der Waals surface area contributed by atoms with Crippen molar-refractivity contribution in [3.05, 3.63) is 40.6 Å². The predicted molar refractivity (Wildman–Crippen MR) is 94.3 cm³/mol. The van der Waals surface area contributed by atoms with Gasteiger partial charge in [0.15, 0.2) is 0 Å². The van der Waals surface area contributed by atoms with Gasteiger partial charge in [-0.1, -0.05) is 0 Å². The summed E-state index contributed by atoms with van der Waals surface area (Å²) >= 11 is 1.74. The van der Waals surface area contributed by atoms with Crippen LogP contribution < -0.4 is 0 Å². The summed E-state index contributed by atoms with van der Waals surface area (Å²) in [5.74, 6) is -2.11. The van der Waals surface area contributed by atoms with Crippen LogP contribution in [-0.4, -0.2) is 52.0 Å². The molecule has 3 rings (SSSR count). The summed E-state index contributed by atoms with van der Waals surface area (Å²) in [5, 5.41) is 10.4. The van der Waals surface area contributed by atoms with Gasteiger partial charge >= 0.3 is 12.1 Å². The standard InChI is InChI=1S/C15H21N3OS.C2HF3O2/c1-19-7-4-13-9-17(12-15-16-5-8-20-15)11-14-3-2-6-18(14)10-13;3-2(4,5)1(6)7/h2-3,5-6,8,13H,4,7,9-12H2,1H3;(H,6,7). The van der Waals surface area contributed by atoms with Crippen LogP contribution in [0.5, 0.6) is 0 Å². The highest BCUT2D eigenvalue weighted by molar-refractivity contribution is 7.09. The zero-order valence-corrected chi connectivity index (χ0v) is 15.7. The summed E-state index contributed by atoms with van der Waals surface area (Å²) < 4.78 is 39.4. The Kier molecular flexibility index (Phi) is 7.81. The summed E-state index contributed by atoms with van der Waals surface area (Å²) in [7, 11) is 1.78. The normalized spacial score (nSPS) is 17.6. The van der Waals surface area contributed by atoms with Crippen molar-refractivity contribution in [2.75, 3.05) is 20.3 Å². The summed E-state index contributed by atoms with van der Waals surface area (Å²) in [4.78, 5) is 15.8. The molecule has 0 amide bonds. The lowest BCUT2D eigenvalue weighted by molar-refractivity contribution is -0.192. The van der Waals surface area contributed by atoms with Crippen molar-refractivity contribution in [3.63, 3.8) is 0 Å². The maximum Gasteiger partial charge on any atom is 0.490 e. The number of carboxylic acids is 1. The molecule has 1 aliphatic heterocycles. The number of rotatable bonds is 5. The number of nitrogens with zero attached hydrogens (tertiary/aromatic N) is 3. The van der Waals surface area contributed by atoms with E-state index in [1.165, 1.54) is 10.7 Å². The molecule has 0 saturated carbocycles. The lowest BCUT2D eigenvalue weighted by atomic mass is 10.1. The van der Waals surface area contributed by atoms with Crippen molar-refractivity contribution in [3.8, 4) is 0 Å². The molecule has 2 aromatic rings. The minimum Gasteiger partial charge on any atom is -0.475 e. The summed E-state index contributed by atoms with van der Waals surface area (Å²) in [6, 6.07) is 4.38. The van der Waals surface area contributed by atoms with E-state index in [0.717, 1.165) is 39.2 Å². The fourth-order valence-electron chi connectivity index (χ4n) is 2.88. The lowest BCUT2D eigenvalue weighted by Crippen LogP contribution is -2.28. The molecule has 0 fully saturated rings. The molecule has 0 aromatic carbocycles. The molecule has 2 aromatic heterocycles. The number of methoxy groups -OCH3 is 1. The molecule has 1 N–H and O–H groups in total. The SMILES string of the molecule is COCCC1CN(Cc2nccs2)Cc2cccn2C1.O=C(O)C(F)(F)F. The Balaban J connectivity index is 0.000000321. The highest BCUT2D eigenvalue weighted by Gasteiger charge is 2.38. The number of fused-ring (bicyclic) bond motifs is 1.